The predicted molar refractivity (Wildman–Crippen MR) is 89.6 cm³/mol. The van der Waals surface area contributed by atoms with E-state index in [2.05, 4.69) is 0 Å². The van der Waals surface area contributed by atoms with Crippen LogP contribution in [0.3, 0.4) is 0 Å². The minimum atomic E-state index is -0.453. The third-order valence-electron chi connectivity index (χ3n) is 3.75. The zero-order valence-corrected chi connectivity index (χ0v) is 13.5. The minimum Gasteiger partial charge on any atom is -0.508 e. The zero-order valence-electron chi connectivity index (χ0n) is 13.5. The first kappa shape index (κ1) is 15.9. The number of methoxy groups -OCH3 is 1. The number of furan rings is 1. The van der Waals surface area contributed by atoms with Gasteiger partial charge in [0.05, 0.1) is 13.7 Å². The number of phenolic OH excluding ortho intramolecular Hbond substituents is 1. The minimum absolute atomic E-state index is 0.0739. The molecule has 5 heteroatoms. The summed E-state index contributed by atoms with van der Waals surface area (Å²) in [6.45, 7) is 2.02. The van der Waals surface area contributed by atoms with Crippen LogP contribution in [-0.2, 0) is 11.2 Å². The largest absolute Gasteiger partial charge is 0.508 e. The summed E-state index contributed by atoms with van der Waals surface area (Å²) in [6.07, 6.45) is 0.438. The molecule has 0 spiro atoms. The molecule has 0 bridgehead atoms. The van der Waals surface area contributed by atoms with Crippen molar-refractivity contribution in [3.8, 4) is 11.5 Å². The molecule has 24 heavy (non-hydrogen) atoms. The monoisotopic (exact) mass is 326 g/mol. The highest BCUT2D eigenvalue weighted by Crippen LogP contribution is 2.31. The number of carbonyl (C=O) groups excluding carboxylic acids is 1. The molecule has 1 heterocycles. The Morgan fingerprint density at radius 3 is 2.58 bits per heavy atom. The van der Waals surface area contributed by atoms with Crippen molar-refractivity contribution in [3.63, 3.8) is 0 Å². The molecule has 1 aromatic heterocycles. The summed E-state index contributed by atoms with van der Waals surface area (Å²) in [5.74, 6) is 0.897. The number of hydrogen-bond acceptors (Lipinski definition) is 5. The van der Waals surface area contributed by atoms with E-state index in [9.17, 15) is 9.90 Å². The van der Waals surface area contributed by atoms with Gasteiger partial charge in [-0.15, -0.1) is 0 Å². The molecule has 0 aliphatic carbocycles. The lowest BCUT2D eigenvalue weighted by atomic mass is 10.0. The van der Waals surface area contributed by atoms with E-state index in [4.69, 9.17) is 13.9 Å². The highest BCUT2D eigenvalue weighted by atomic mass is 16.5. The lowest BCUT2D eigenvalue weighted by Gasteiger charge is -2.05. The molecule has 3 aromatic rings. The van der Waals surface area contributed by atoms with Crippen LogP contribution in [0.1, 0.15) is 28.6 Å². The van der Waals surface area contributed by atoms with E-state index < -0.39 is 5.97 Å². The van der Waals surface area contributed by atoms with Gasteiger partial charge in [-0.05, 0) is 42.8 Å². The molecule has 0 saturated carbocycles. The number of hydrogen-bond donors (Lipinski definition) is 1. The van der Waals surface area contributed by atoms with Crippen LogP contribution in [0.25, 0.3) is 11.0 Å². The second kappa shape index (κ2) is 6.66. The van der Waals surface area contributed by atoms with Crippen molar-refractivity contribution in [1.82, 2.24) is 0 Å². The Morgan fingerprint density at radius 1 is 1.17 bits per heavy atom. The van der Waals surface area contributed by atoms with Gasteiger partial charge in [-0.3, -0.25) is 0 Å². The number of aromatic hydroxyl groups is 1. The van der Waals surface area contributed by atoms with E-state index in [1.807, 2.05) is 24.3 Å². The van der Waals surface area contributed by atoms with Crippen LogP contribution in [0, 0.1) is 0 Å². The average molecular weight is 326 g/mol. The average Bonchev–Trinajstić information content (AvgIpc) is 2.93. The van der Waals surface area contributed by atoms with E-state index in [-0.39, 0.29) is 12.4 Å². The summed E-state index contributed by atoms with van der Waals surface area (Å²) in [5, 5.41) is 10.3. The van der Waals surface area contributed by atoms with E-state index in [1.54, 1.807) is 20.1 Å². The van der Waals surface area contributed by atoms with E-state index >= 15 is 0 Å². The normalized spacial score (nSPS) is 10.8. The fraction of sp³-hybridized carbons (Fsp3) is 0.211. The Bertz CT molecular complexity index is 861. The van der Waals surface area contributed by atoms with Crippen LogP contribution in [0.5, 0.6) is 11.5 Å². The topological polar surface area (TPSA) is 68.9 Å². The highest BCUT2D eigenvalue weighted by molar-refractivity contribution is 6.05. The van der Waals surface area contributed by atoms with Gasteiger partial charge in [0.2, 0.25) is 0 Å². The van der Waals surface area contributed by atoms with Crippen molar-refractivity contribution in [3.05, 3.63) is 59.4 Å². The summed E-state index contributed by atoms with van der Waals surface area (Å²) in [7, 11) is 1.61. The molecule has 0 unspecified atom stereocenters. The first-order valence-electron chi connectivity index (χ1n) is 7.66. The van der Waals surface area contributed by atoms with Gasteiger partial charge < -0.3 is 19.0 Å². The van der Waals surface area contributed by atoms with Crippen molar-refractivity contribution in [1.29, 1.82) is 0 Å². The first-order chi connectivity index (χ1) is 11.6. The number of fused-ring (bicyclic) bond motifs is 1. The maximum Gasteiger partial charge on any atom is 0.342 e. The molecule has 0 amide bonds. The van der Waals surface area contributed by atoms with Crippen molar-refractivity contribution in [2.75, 3.05) is 13.7 Å². The van der Waals surface area contributed by atoms with E-state index in [0.717, 1.165) is 11.3 Å². The van der Waals surface area contributed by atoms with Crippen molar-refractivity contribution in [2.45, 2.75) is 13.3 Å². The molecule has 3 rings (SSSR count). The molecule has 0 radical (unpaired) electrons. The van der Waals surface area contributed by atoms with Crippen LogP contribution >= 0.6 is 0 Å². The van der Waals surface area contributed by atoms with Crippen LogP contribution in [-0.4, -0.2) is 24.8 Å². The second-order valence-electron chi connectivity index (χ2n) is 5.33. The molecule has 1 N–H and O–H groups in total. The van der Waals surface area contributed by atoms with Gasteiger partial charge in [0.1, 0.15) is 28.4 Å². The smallest absolute Gasteiger partial charge is 0.342 e. The van der Waals surface area contributed by atoms with Gasteiger partial charge >= 0.3 is 5.97 Å². The Labute approximate surface area is 139 Å². The number of ether oxygens (including phenoxy) is 2. The molecule has 0 aliphatic rings. The summed E-state index contributed by atoms with van der Waals surface area (Å²) in [5.41, 5.74) is 1.88. The van der Waals surface area contributed by atoms with Gasteiger partial charge in [-0.1, -0.05) is 12.1 Å². The third-order valence-corrected chi connectivity index (χ3v) is 3.75. The van der Waals surface area contributed by atoms with Gasteiger partial charge in [-0.25, -0.2) is 4.79 Å². The Balaban J connectivity index is 2.04. The molecule has 0 aliphatic heterocycles. The number of phenols is 1. The maximum atomic E-state index is 12.4. The third kappa shape index (κ3) is 3.06. The first-order valence-corrected chi connectivity index (χ1v) is 7.66. The SMILES string of the molecule is CCOC(=O)c1c(Cc2ccc(OC)cc2)oc2ccc(O)cc12. The predicted octanol–water partition coefficient (Wildman–Crippen LogP) is 3.91. The van der Waals surface area contributed by atoms with Crippen LogP contribution in [0.15, 0.2) is 46.9 Å². The van der Waals surface area contributed by atoms with E-state index in [1.165, 1.54) is 12.1 Å². The summed E-state index contributed by atoms with van der Waals surface area (Å²) < 4.78 is 16.1. The fourth-order valence-electron chi connectivity index (χ4n) is 2.62. The lowest BCUT2D eigenvalue weighted by molar-refractivity contribution is 0.0526. The Hall–Kier alpha value is -2.95. The van der Waals surface area contributed by atoms with Gasteiger partial charge in [-0.2, -0.15) is 0 Å². The molecule has 0 saturated heterocycles. The van der Waals surface area contributed by atoms with Gasteiger partial charge in [0, 0.05) is 11.8 Å². The molecule has 0 atom stereocenters. The summed E-state index contributed by atoms with van der Waals surface area (Å²) in [4.78, 5) is 12.4. The Kier molecular flexibility index (Phi) is 4.42. The summed E-state index contributed by atoms with van der Waals surface area (Å²) >= 11 is 0. The van der Waals surface area contributed by atoms with Gasteiger partial charge in [0.25, 0.3) is 0 Å². The zero-order chi connectivity index (χ0) is 17.1. The molecular formula is C19H18O5. The molecule has 5 nitrogen and oxygen atoms in total. The Morgan fingerprint density at radius 2 is 1.92 bits per heavy atom. The summed E-state index contributed by atoms with van der Waals surface area (Å²) in [6, 6.07) is 12.2. The quantitative estimate of drug-likeness (QED) is 0.720. The fourth-order valence-corrected chi connectivity index (χ4v) is 2.62. The van der Waals surface area contributed by atoms with Crippen molar-refractivity contribution < 1.29 is 23.8 Å². The van der Waals surface area contributed by atoms with Crippen LogP contribution in [0.2, 0.25) is 0 Å². The van der Waals surface area contributed by atoms with E-state index in [0.29, 0.717) is 28.7 Å². The van der Waals surface area contributed by atoms with Crippen molar-refractivity contribution >= 4 is 16.9 Å². The second-order valence-corrected chi connectivity index (χ2v) is 5.33. The number of carbonyl (C=O) groups is 1. The molecule has 124 valence electrons. The molecule has 0 fully saturated rings. The molecule has 2 aromatic carbocycles. The van der Waals surface area contributed by atoms with Crippen molar-refractivity contribution in [2.24, 2.45) is 0 Å². The molecular weight excluding hydrogens is 308 g/mol. The lowest BCUT2D eigenvalue weighted by Crippen LogP contribution is -2.07. The maximum absolute atomic E-state index is 12.4. The van der Waals surface area contributed by atoms with Crippen LogP contribution < -0.4 is 4.74 Å². The number of benzene rings is 2. The number of rotatable bonds is 5. The highest BCUT2D eigenvalue weighted by Gasteiger charge is 2.22. The standard InChI is InChI=1S/C19H18O5/c1-3-23-19(21)18-15-11-13(20)6-9-16(15)24-17(18)10-12-4-7-14(22-2)8-5-12/h4-9,11,20H,3,10H2,1-2H3. The van der Waals surface area contributed by atoms with Crippen LogP contribution in [0.4, 0.5) is 0 Å². The number of esters is 1. The van der Waals surface area contributed by atoms with Gasteiger partial charge in [0.15, 0.2) is 0 Å².